The van der Waals surface area contributed by atoms with Crippen molar-refractivity contribution in [1.29, 1.82) is 0 Å². The molecule has 1 aromatic rings. The molecule has 1 amide bonds. The number of piperidine rings is 1. The maximum absolute atomic E-state index is 11.9. The summed E-state index contributed by atoms with van der Waals surface area (Å²) in [5, 5.41) is 6.96. The molecule has 1 aromatic carbocycles. The van der Waals surface area contributed by atoms with Crippen LogP contribution in [0.4, 0.5) is 4.79 Å². The summed E-state index contributed by atoms with van der Waals surface area (Å²) in [4.78, 5) is 21.2. The first-order valence-corrected chi connectivity index (χ1v) is 12.4. The molecule has 0 aliphatic carbocycles. The second-order valence-electron chi connectivity index (χ2n) is 8.76. The van der Waals surface area contributed by atoms with E-state index < -0.39 is 0 Å². The third-order valence-electron chi connectivity index (χ3n) is 6.32. The second-order valence-corrected chi connectivity index (χ2v) is 8.76. The van der Waals surface area contributed by atoms with Crippen LogP contribution in [0.15, 0.2) is 29.3 Å². The number of guanidine groups is 1. The van der Waals surface area contributed by atoms with E-state index in [1.165, 1.54) is 49.9 Å². The summed E-state index contributed by atoms with van der Waals surface area (Å²) in [5.41, 5.74) is 2.68. The molecule has 0 radical (unpaired) electrons. The van der Waals surface area contributed by atoms with Gasteiger partial charge in [0.15, 0.2) is 5.96 Å². The lowest BCUT2D eigenvalue weighted by atomic mass is 10.1. The van der Waals surface area contributed by atoms with Crippen LogP contribution in [0.25, 0.3) is 0 Å². The molecule has 0 aromatic heterocycles. The SMILES string of the molecule is CCNC(=NCc1ccccc1CN1CCCCCC1)NC1CCN(C(=O)OCC)CC1. The minimum Gasteiger partial charge on any atom is -0.450 e. The quantitative estimate of drug-likeness (QED) is 0.496. The molecular weight excluding hydrogens is 402 g/mol. The molecular formula is C25H41N5O2. The summed E-state index contributed by atoms with van der Waals surface area (Å²) < 4.78 is 5.12. The smallest absolute Gasteiger partial charge is 0.409 e. The monoisotopic (exact) mass is 443 g/mol. The van der Waals surface area contributed by atoms with Gasteiger partial charge in [0.25, 0.3) is 0 Å². The fourth-order valence-electron chi connectivity index (χ4n) is 4.50. The summed E-state index contributed by atoms with van der Waals surface area (Å²) in [7, 11) is 0. The first-order valence-electron chi connectivity index (χ1n) is 12.4. The van der Waals surface area contributed by atoms with E-state index in [0.29, 0.717) is 32.3 Å². The van der Waals surface area contributed by atoms with Gasteiger partial charge in [0.2, 0.25) is 0 Å². The third-order valence-corrected chi connectivity index (χ3v) is 6.32. The van der Waals surface area contributed by atoms with E-state index in [9.17, 15) is 4.79 Å². The number of hydrogen-bond donors (Lipinski definition) is 2. The van der Waals surface area contributed by atoms with Crippen LogP contribution in [0, 0.1) is 0 Å². The van der Waals surface area contributed by atoms with Crippen LogP contribution in [0.2, 0.25) is 0 Å². The molecule has 7 nitrogen and oxygen atoms in total. The number of nitrogens with zero attached hydrogens (tertiary/aromatic N) is 3. The van der Waals surface area contributed by atoms with Crippen molar-refractivity contribution in [1.82, 2.24) is 20.4 Å². The highest BCUT2D eigenvalue weighted by atomic mass is 16.6. The molecule has 2 saturated heterocycles. The van der Waals surface area contributed by atoms with E-state index in [4.69, 9.17) is 9.73 Å². The Morgan fingerprint density at radius 3 is 2.38 bits per heavy atom. The van der Waals surface area contributed by atoms with Crippen LogP contribution in [-0.2, 0) is 17.8 Å². The lowest BCUT2D eigenvalue weighted by molar-refractivity contribution is 0.0963. The maximum atomic E-state index is 11.9. The summed E-state index contributed by atoms with van der Waals surface area (Å²) in [6, 6.07) is 9.02. The normalized spacial score (nSPS) is 18.8. The number of hydrogen-bond acceptors (Lipinski definition) is 4. The number of nitrogens with one attached hydrogen (secondary N) is 2. The topological polar surface area (TPSA) is 69.2 Å². The van der Waals surface area contributed by atoms with E-state index in [2.05, 4.69) is 46.7 Å². The molecule has 32 heavy (non-hydrogen) atoms. The largest absolute Gasteiger partial charge is 0.450 e. The number of ether oxygens (including phenoxy) is 1. The predicted octanol–water partition coefficient (Wildman–Crippen LogP) is 3.74. The molecule has 3 rings (SSSR count). The average molecular weight is 444 g/mol. The highest BCUT2D eigenvalue weighted by Gasteiger charge is 2.24. The number of carbonyl (C=O) groups is 1. The number of likely N-dealkylation sites (tertiary alicyclic amines) is 2. The average Bonchev–Trinajstić information content (AvgIpc) is 3.08. The molecule has 2 fully saturated rings. The fraction of sp³-hybridized carbons (Fsp3) is 0.680. The molecule has 0 unspecified atom stereocenters. The number of benzene rings is 1. The van der Waals surface area contributed by atoms with Gasteiger partial charge in [0, 0.05) is 32.2 Å². The maximum Gasteiger partial charge on any atom is 0.409 e. The van der Waals surface area contributed by atoms with E-state index in [1.54, 1.807) is 4.90 Å². The zero-order valence-electron chi connectivity index (χ0n) is 19.9. The second kappa shape index (κ2) is 13.3. The Kier molecular flexibility index (Phi) is 10.1. The third kappa shape index (κ3) is 7.69. The van der Waals surface area contributed by atoms with Gasteiger partial charge in [-0.1, -0.05) is 37.1 Å². The molecule has 0 saturated carbocycles. The van der Waals surface area contributed by atoms with E-state index in [-0.39, 0.29) is 6.09 Å². The van der Waals surface area contributed by atoms with Crippen molar-refractivity contribution >= 4 is 12.1 Å². The Hall–Kier alpha value is -2.28. The molecule has 0 atom stereocenters. The first kappa shape index (κ1) is 24.4. The summed E-state index contributed by atoms with van der Waals surface area (Å²) in [6.45, 7) is 10.7. The molecule has 178 valence electrons. The van der Waals surface area contributed by atoms with Crippen molar-refractivity contribution in [2.75, 3.05) is 39.3 Å². The van der Waals surface area contributed by atoms with Gasteiger partial charge in [-0.25, -0.2) is 9.79 Å². The van der Waals surface area contributed by atoms with Crippen molar-refractivity contribution in [3.05, 3.63) is 35.4 Å². The lowest BCUT2D eigenvalue weighted by Gasteiger charge is -2.32. The number of rotatable bonds is 7. The van der Waals surface area contributed by atoms with Gasteiger partial charge in [-0.3, -0.25) is 4.90 Å². The molecule has 2 N–H and O–H groups in total. The van der Waals surface area contributed by atoms with Crippen molar-refractivity contribution in [2.24, 2.45) is 4.99 Å². The molecule has 2 aliphatic heterocycles. The minimum atomic E-state index is -0.201. The van der Waals surface area contributed by atoms with E-state index >= 15 is 0 Å². The van der Waals surface area contributed by atoms with Crippen LogP contribution < -0.4 is 10.6 Å². The van der Waals surface area contributed by atoms with Gasteiger partial charge in [0.05, 0.1) is 13.2 Å². The Labute approximate surface area is 193 Å². The summed E-state index contributed by atoms with van der Waals surface area (Å²) >= 11 is 0. The molecule has 2 heterocycles. The van der Waals surface area contributed by atoms with Gasteiger partial charge in [-0.15, -0.1) is 0 Å². The zero-order valence-corrected chi connectivity index (χ0v) is 19.9. The highest BCUT2D eigenvalue weighted by molar-refractivity contribution is 5.80. The zero-order chi connectivity index (χ0) is 22.6. The Morgan fingerprint density at radius 2 is 1.72 bits per heavy atom. The Balaban J connectivity index is 1.56. The number of aliphatic imine (C=N–C) groups is 1. The molecule has 0 spiro atoms. The van der Waals surface area contributed by atoms with Crippen LogP contribution in [-0.4, -0.2) is 67.2 Å². The van der Waals surface area contributed by atoms with Crippen molar-refractivity contribution in [3.8, 4) is 0 Å². The van der Waals surface area contributed by atoms with Crippen LogP contribution in [0.1, 0.15) is 63.5 Å². The van der Waals surface area contributed by atoms with Gasteiger partial charge >= 0.3 is 6.09 Å². The van der Waals surface area contributed by atoms with Crippen LogP contribution >= 0.6 is 0 Å². The number of carbonyl (C=O) groups excluding carboxylic acids is 1. The summed E-state index contributed by atoms with van der Waals surface area (Å²) in [6.07, 6.45) is 6.93. The minimum absolute atomic E-state index is 0.201. The number of amides is 1. The molecule has 0 bridgehead atoms. The van der Waals surface area contributed by atoms with E-state index in [0.717, 1.165) is 31.9 Å². The van der Waals surface area contributed by atoms with Crippen molar-refractivity contribution < 1.29 is 9.53 Å². The van der Waals surface area contributed by atoms with Gasteiger partial charge in [-0.2, -0.15) is 0 Å². The fourth-order valence-corrected chi connectivity index (χ4v) is 4.50. The highest BCUT2D eigenvalue weighted by Crippen LogP contribution is 2.17. The van der Waals surface area contributed by atoms with Crippen LogP contribution in [0.3, 0.4) is 0 Å². The Bertz CT molecular complexity index is 723. The predicted molar refractivity (Wildman–Crippen MR) is 130 cm³/mol. The Morgan fingerprint density at radius 1 is 1.03 bits per heavy atom. The molecule has 2 aliphatic rings. The van der Waals surface area contributed by atoms with Gasteiger partial charge < -0.3 is 20.3 Å². The first-order chi connectivity index (χ1) is 15.7. The van der Waals surface area contributed by atoms with Gasteiger partial charge in [-0.05, 0) is 63.7 Å². The van der Waals surface area contributed by atoms with Crippen molar-refractivity contribution in [3.63, 3.8) is 0 Å². The van der Waals surface area contributed by atoms with Crippen molar-refractivity contribution in [2.45, 2.75) is 71.5 Å². The van der Waals surface area contributed by atoms with Crippen LogP contribution in [0.5, 0.6) is 0 Å². The molecule has 7 heteroatoms. The van der Waals surface area contributed by atoms with Gasteiger partial charge in [0.1, 0.15) is 0 Å². The summed E-state index contributed by atoms with van der Waals surface area (Å²) in [5.74, 6) is 0.853. The standard InChI is InChI=1S/C25H41N5O2/c1-3-26-24(28-23-13-17-30(18-14-23)25(31)32-4-2)27-19-21-11-7-8-12-22(21)20-29-15-9-5-6-10-16-29/h7-8,11-12,23H,3-6,9-10,13-20H2,1-2H3,(H2,26,27,28). The lowest BCUT2D eigenvalue weighted by Crippen LogP contribution is -2.49. The van der Waals surface area contributed by atoms with E-state index in [1.807, 2.05) is 6.92 Å².